The van der Waals surface area contributed by atoms with Gasteiger partial charge in [-0.3, -0.25) is 0 Å². The summed E-state index contributed by atoms with van der Waals surface area (Å²) in [6.45, 7) is 0.790. The normalized spacial score (nSPS) is 19.3. The molecule has 3 heteroatoms. The van der Waals surface area contributed by atoms with E-state index in [4.69, 9.17) is 0 Å². The topological polar surface area (TPSA) is 36.4 Å². The zero-order valence-corrected chi connectivity index (χ0v) is 7.96. The molecule has 1 saturated carbocycles. The molecule has 1 aromatic carbocycles. The summed E-state index contributed by atoms with van der Waals surface area (Å²) in [6.07, 6.45) is 2.56. The van der Waals surface area contributed by atoms with Gasteiger partial charge in [0, 0.05) is 11.7 Å². The Hall–Kier alpha value is -1.51. The molecule has 0 saturated heterocycles. The Morgan fingerprint density at radius 2 is 2.14 bits per heavy atom. The number of hydrogen-bond donors (Lipinski definition) is 2. The van der Waals surface area contributed by atoms with Crippen LogP contribution < -0.4 is 10.6 Å². The quantitative estimate of drug-likeness (QED) is 0.702. The monoisotopic (exact) mass is 187 g/mol. The minimum atomic E-state index is 0.659. The fourth-order valence-corrected chi connectivity index (χ4v) is 1.61. The van der Waals surface area contributed by atoms with E-state index in [1.807, 2.05) is 6.07 Å². The summed E-state index contributed by atoms with van der Waals surface area (Å²) in [6, 6.07) is 8.96. The molecule has 0 amide bonds. The first-order chi connectivity index (χ1) is 6.92. The number of rotatable bonds is 1. The van der Waals surface area contributed by atoms with Gasteiger partial charge in [0.05, 0.1) is 6.54 Å². The second-order valence-electron chi connectivity index (χ2n) is 3.87. The van der Waals surface area contributed by atoms with Gasteiger partial charge >= 0.3 is 0 Å². The van der Waals surface area contributed by atoms with E-state index in [2.05, 4.69) is 33.8 Å². The number of fused-ring (bicyclic) bond motifs is 1. The highest BCUT2D eigenvalue weighted by molar-refractivity contribution is 5.96. The maximum Gasteiger partial charge on any atom is 0.196 e. The van der Waals surface area contributed by atoms with Gasteiger partial charge < -0.3 is 10.6 Å². The van der Waals surface area contributed by atoms with E-state index in [9.17, 15) is 0 Å². The molecule has 0 radical (unpaired) electrons. The largest absolute Gasteiger partial charge is 0.353 e. The molecule has 72 valence electrons. The Balaban J connectivity index is 1.78. The maximum atomic E-state index is 4.45. The average molecular weight is 187 g/mol. The summed E-state index contributed by atoms with van der Waals surface area (Å²) in [7, 11) is 0. The first-order valence-corrected chi connectivity index (χ1v) is 5.08. The van der Waals surface area contributed by atoms with Crippen LogP contribution in [0.1, 0.15) is 18.4 Å². The second kappa shape index (κ2) is 3.01. The summed E-state index contributed by atoms with van der Waals surface area (Å²) in [5, 5.41) is 6.68. The molecule has 0 aromatic heterocycles. The molecule has 1 fully saturated rings. The van der Waals surface area contributed by atoms with Crippen molar-refractivity contribution in [3.8, 4) is 0 Å². The number of anilines is 1. The molecule has 2 aliphatic rings. The number of benzene rings is 1. The van der Waals surface area contributed by atoms with E-state index in [0.29, 0.717) is 6.04 Å². The second-order valence-corrected chi connectivity index (χ2v) is 3.87. The predicted octanol–water partition coefficient (Wildman–Crippen LogP) is 1.72. The molecule has 3 nitrogen and oxygen atoms in total. The van der Waals surface area contributed by atoms with Crippen LogP contribution in [-0.4, -0.2) is 12.0 Å². The van der Waals surface area contributed by atoms with Crippen molar-refractivity contribution in [3.63, 3.8) is 0 Å². The summed E-state index contributed by atoms with van der Waals surface area (Å²) >= 11 is 0. The maximum absolute atomic E-state index is 4.45. The highest BCUT2D eigenvalue weighted by atomic mass is 15.2. The van der Waals surface area contributed by atoms with E-state index in [1.54, 1.807) is 0 Å². The molecular weight excluding hydrogens is 174 g/mol. The average Bonchev–Trinajstić information content (AvgIpc) is 3.02. The van der Waals surface area contributed by atoms with E-state index in [0.717, 1.165) is 12.5 Å². The lowest BCUT2D eigenvalue weighted by Crippen LogP contribution is -2.34. The van der Waals surface area contributed by atoms with Crippen LogP contribution in [0.15, 0.2) is 29.3 Å². The number of guanidine groups is 1. The molecule has 1 aliphatic heterocycles. The number of aliphatic imine (C=N–C) groups is 1. The Morgan fingerprint density at radius 3 is 3.00 bits per heavy atom. The summed E-state index contributed by atoms with van der Waals surface area (Å²) in [5.74, 6) is 0.936. The minimum Gasteiger partial charge on any atom is -0.353 e. The molecule has 1 aliphatic carbocycles. The SMILES string of the molecule is c1ccc2c(c1)CN=C(NC1CC1)N2. The molecule has 1 aromatic rings. The number of nitrogens with one attached hydrogen (secondary N) is 2. The van der Waals surface area contributed by atoms with Gasteiger partial charge in [0.2, 0.25) is 0 Å². The Labute approximate surface area is 83.2 Å². The van der Waals surface area contributed by atoms with Gasteiger partial charge in [0.15, 0.2) is 5.96 Å². The first-order valence-electron chi connectivity index (χ1n) is 5.08. The van der Waals surface area contributed by atoms with Crippen molar-refractivity contribution < 1.29 is 0 Å². The molecule has 3 rings (SSSR count). The third kappa shape index (κ3) is 1.45. The van der Waals surface area contributed by atoms with Crippen molar-refractivity contribution >= 4 is 11.6 Å². The molecule has 2 N–H and O–H groups in total. The van der Waals surface area contributed by atoms with Gasteiger partial charge in [-0.25, -0.2) is 4.99 Å². The fourth-order valence-electron chi connectivity index (χ4n) is 1.61. The standard InChI is InChI=1S/C11H13N3/c1-2-4-10-8(3-1)7-12-11(14-10)13-9-5-6-9/h1-4,9H,5-7H2,(H2,12,13,14). The van der Waals surface area contributed by atoms with Gasteiger partial charge in [0.25, 0.3) is 0 Å². The van der Waals surface area contributed by atoms with Crippen LogP contribution in [0.4, 0.5) is 5.69 Å². The summed E-state index contributed by atoms with van der Waals surface area (Å²) in [5.41, 5.74) is 2.46. The van der Waals surface area contributed by atoms with Gasteiger partial charge in [-0.15, -0.1) is 0 Å². The van der Waals surface area contributed by atoms with Crippen molar-refractivity contribution in [1.82, 2.24) is 5.32 Å². The molecular formula is C11H13N3. The van der Waals surface area contributed by atoms with Crippen molar-refractivity contribution in [1.29, 1.82) is 0 Å². The minimum absolute atomic E-state index is 0.659. The van der Waals surface area contributed by atoms with Crippen molar-refractivity contribution in [2.24, 2.45) is 4.99 Å². The van der Waals surface area contributed by atoms with Crippen LogP contribution in [0.25, 0.3) is 0 Å². The molecule has 0 unspecified atom stereocenters. The third-order valence-corrected chi connectivity index (χ3v) is 2.60. The smallest absolute Gasteiger partial charge is 0.196 e. The lowest BCUT2D eigenvalue weighted by atomic mass is 10.1. The number of para-hydroxylation sites is 1. The Bertz CT molecular complexity index is 380. The Morgan fingerprint density at radius 1 is 1.29 bits per heavy atom. The lowest BCUT2D eigenvalue weighted by Gasteiger charge is -2.18. The molecule has 14 heavy (non-hydrogen) atoms. The fraction of sp³-hybridized carbons (Fsp3) is 0.364. The molecule has 1 heterocycles. The number of hydrogen-bond acceptors (Lipinski definition) is 3. The molecule has 0 bridgehead atoms. The third-order valence-electron chi connectivity index (χ3n) is 2.60. The van der Waals surface area contributed by atoms with Crippen LogP contribution in [0.3, 0.4) is 0 Å². The van der Waals surface area contributed by atoms with Crippen molar-refractivity contribution in [2.45, 2.75) is 25.4 Å². The first kappa shape index (κ1) is 7.85. The van der Waals surface area contributed by atoms with Crippen LogP contribution >= 0.6 is 0 Å². The molecule has 0 spiro atoms. The summed E-state index contributed by atoms with van der Waals surface area (Å²) in [4.78, 5) is 4.45. The lowest BCUT2D eigenvalue weighted by molar-refractivity contribution is 0.878. The van der Waals surface area contributed by atoms with Crippen molar-refractivity contribution in [2.75, 3.05) is 5.32 Å². The Kier molecular flexibility index (Phi) is 1.69. The number of nitrogens with zero attached hydrogens (tertiary/aromatic N) is 1. The zero-order chi connectivity index (χ0) is 9.38. The van der Waals surface area contributed by atoms with E-state index >= 15 is 0 Å². The van der Waals surface area contributed by atoms with Crippen LogP contribution in [0.2, 0.25) is 0 Å². The van der Waals surface area contributed by atoms with E-state index in [1.165, 1.54) is 24.1 Å². The zero-order valence-electron chi connectivity index (χ0n) is 7.96. The van der Waals surface area contributed by atoms with Crippen molar-refractivity contribution in [3.05, 3.63) is 29.8 Å². The van der Waals surface area contributed by atoms with Gasteiger partial charge in [-0.2, -0.15) is 0 Å². The summed E-state index contributed by atoms with van der Waals surface area (Å²) < 4.78 is 0. The van der Waals surface area contributed by atoms with Crippen LogP contribution in [0, 0.1) is 0 Å². The van der Waals surface area contributed by atoms with E-state index < -0.39 is 0 Å². The van der Waals surface area contributed by atoms with Gasteiger partial charge in [-0.1, -0.05) is 18.2 Å². The van der Waals surface area contributed by atoms with Gasteiger partial charge in [-0.05, 0) is 24.5 Å². The highest BCUT2D eigenvalue weighted by Crippen LogP contribution is 2.22. The van der Waals surface area contributed by atoms with Gasteiger partial charge in [0.1, 0.15) is 0 Å². The molecule has 0 atom stereocenters. The predicted molar refractivity (Wildman–Crippen MR) is 57.4 cm³/mol. The van der Waals surface area contributed by atoms with Crippen LogP contribution in [-0.2, 0) is 6.54 Å². The van der Waals surface area contributed by atoms with Crippen LogP contribution in [0.5, 0.6) is 0 Å². The highest BCUT2D eigenvalue weighted by Gasteiger charge is 2.23. The van der Waals surface area contributed by atoms with E-state index in [-0.39, 0.29) is 0 Å².